The number of aromatic nitrogens is 2. The van der Waals surface area contributed by atoms with Crippen LogP contribution in [0.25, 0.3) is 11.3 Å². The van der Waals surface area contributed by atoms with Crippen molar-refractivity contribution in [3.8, 4) is 22.8 Å². The summed E-state index contributed by atoms with van der Waals surface area (Å²) in [7, 11) is 3.29. The standard InChI is InChI=1S/C16H21N3O2/c1-6-17-16-10(2)15(18-11(3)19-16)14-12(20-4)8-7-9-13(14)21-5/h7-9H,6H2,1-5H3,(H,17,18,19). The fourth-order valence-corrected chi connectivity index (χ4v) is 2.30. The first kappa shape index (κ1) is 15.1. The molecule has 0 bridgehead atoms. The first-order valence-corrected chi connectivity index (χ1v) is 6.92. The third-order valence-electron chi connectivity index (χ3n) is 3.27. The van der Waals surface area contributed by atoms with E-state index in [1.165, 1.54) is 0 Å². The first-order chi connectivity index (χ1) is 10.1. The van der Waals surface area contributed by atoms with Crippen molar-refractivity contribution in [2.45, 2.75) is 20.8 Å². The van der Waals surface area contributed by atoms with Gasteiger partial charge in [-0.3, -0.25) is 0 Å². The van der Waals surface area contributed by atoms with E-state index in [-0.39, 0.29) is 0 Å². The molecule has 0 aliphatic heterocycles. The molecule has 112 valence electrons. The van der Waals surface area contributed by atoms with Crippen molar-refractivity contribution in [1.82, 2.24) is 9.97 Å². The molecule has 5 heteroatoms. The predicted molar refractivity (Wildman–Crippen MR) is 84.2 cm³/mol. The molecule has 0 aliphatic rings. The van der Waals surface area contributed by atoms with Crippen molar-refractivity contribution in [2.75, 3.05) is 26.1 Å². The predicted octanol–water partition coefficient (Wildman–Crippen LogP) is 3.21. The highest BCUT2D eigenvalue weighted by molar-refractivity contribution is 5.78. The second-order valence-electron chi connectivity index (χ2n) is 4.66. The highest BCUT2D eigenvalue weighted by Crippen LogP contribution is 2.39. The van der Waals surface area contributed by atoms with E-state index in [1.807, 2.05) is 39.0 Å². The van der Waals surface area contributed by atoms with Crippen LogP contribution in [-0.2, 0) is 0 Å². The molecule has 0 atom stereocenters. The molecule has 0 fully saturated rings. The number of nitrogens with zero attached hydrogens (tertiary/aromatic N) is 2. The molecular weight excluding hydrogens is 266 g/mol. The minimum atomic E-state index is 0.708. The second-order valence-corrected chi connectivity index (χ2v) is 4.66. The van der Waals surface area contributed by atoms with E-state index in [0.29, 0.717) is 5.82 Å². The van der Waals surface area contributed by atoms with Gasteiger partial charge in [0.25, 0.3) is 0 Å². The van der Waals surface area contributed by atoms with E-state index in [1.54, 1.807) is 14.2 Å². The largest absolute Gasteiger partial charge is 0.496 e. The maximum Gasteiger partial charge on any atom is 0.133 e. The second kappa shape index (κ2) is 6.43. The van der Waals surface area contributed by atoms with Crippen molar-refractivity contribution in [3.05, 3.63) is 29.6 Å². The van der Waals surface area contributed by atoms with Gasteiger partial charge >= 0.3 is 0 Å². The van der Waals surface area contributed by atoms with Gasteiger partial charge in [-0.2, -0.15) is 0 Å². The fraction of sp³-hybridized carbons (Fsp3) is 0.375. The summed E-state index contributed by atoms with van der Waals surface area (Å²) in [6.07, 6.45) is 0. The smallest absolute Gasteiger partial charge is 0.133 e. The van der Waals surface area contributed by atoms with Gasteiger partial charge in [0.05, 0.1) is 25.5 Å². The fourth-order valence-electron chi connectivity index (χ4n) is 2.30. The molecule has 2 rings (SSSR count). The molecule has 21 heavy (non-hydrogen) atoms. The van der Waals surface area contributed by atoms with Gasteiger partial charge in [-0.1, -0.05) is 6.07 Å². The Morgan fingerprint density at radius 2 is 1.67 bits per heavy atom. The zero-order chi connectivity index (χ0) is 15.4. The summed E-state index contributed by atoms with van der Waals surface area (Å²) in [6.45, 7) is 6.73. The van der Waals surface area contributed by atoms with Crippen LogP contribution in [0.15, 0.2) is 18.2 Å². The molecule has 5 nitrogen and oxygen atoms in total. The molecule has 0 saturated carbocycles. The average molecular weight is 287 g/mol. The lowest BCUT2D eigenvalue weighted by atomic mass is 10.0. The molecule has 1 aromatic heterocycles. The number of nitrogens with one attached hydrogen (secondary N) is 1. The SMILES string of the molecule is CCNc1nc(C)nc(-c2c(OC)cccc2OC)c1C. The summed E-state index contributed by atoms with van der Waals surface area (Å²) in [5, 5.41) is 3.27. The summed E-state index contributed by atoms with van der Waals surface area (Å²) in [6, 6.07) is 5.71. The number of rotatable bonds is 5. The highest BCUT2D eigenvalue weighted by Gasteiger charge is 2.18. The Hall–Kier alpha value is -2.30. The van der Waals surface area contributed by atoms with Gasteiger partial charge in [0.1, 0.15) is 23.1 Å². The number of methoxy groups -OCH3 is 2. The molecule has 2 aromatic rings. The van der Waals surface area contributed by atoms with E-state index in [9.17, 15) is 0 Å². The van der Waals surface area contributed by atoms with E-state index in [0.717, 1.165) is 40.7 Å². The van der Waals surface area contributed by atoms with Crippen molar-refractivity contribution < 1.29 is 9.47 Å². The lowest BCUT2D eigenvalue weighted by Crippen LogP contribution is -2.07. The summed E-state index contributed by atoms with van der Waals surface area (Å²) in [5.41, 5.74) is 2.66. The van der Waals surface area contributed by atoms with Crippen molar-refractivity contribution in [1.29, 1.82) is 0 Å². The van der Waals surface area contributed by atoms with Gasteiger partial charge in [-0.25, -0.2) is 9.97 Å². The van der Waals surface area contributed by atoms with Gasteiger partial charge in [0, 0.05) is 12.1 Å². The van der Waals surface area contributed by atoms with E-state index >= 15 is 0 Å². The van der Waals surface area contributed by atoms with Crippen molar-refractivity contribution >= 4 is 5.82 Å². The van der Waals surface area contributed by atoms with E-state index in [2.05, 4.69) is 15.3 Å². The number of aryl methyl sites for hydroxylation is 1. The molecule has 1 aromatic carbocycles. The zero-order valence-electron chi connectivity index (χ0n) is 13.2. The molecule has 0 aliphatic carbocycles. The van der Waals surface area contributed by atoms with Crippen LogP contribution < -0.4 is 14.8 Å². The number of hydrogen-bond donors (Lipinski definition) is 1. The number of hydrogen-bond acceptors (Lipinski definition) is 5. The molecule has 1 N–H and O–H groups in total. The molecule has 0 saturated heterocycles. The minimum Gasteiger partial charge on any atom is -0.496 e. The van der Waals surface area contributed by atoms with Crippen molar-refractivity contribution in [2.24, 2.45) is 0 Å². The van der Waals surface area contributed by atoms with Gasteiger partial charge in [0.15, 0.2) is 0 Å². The van der Waals surface area contributed by atoms with Crippen LogP contribution in [0.5, 0.6) is 11.5 Å². The van der Waals surface area contributed by atoms with Gasteiger partial charge in [-0.05, 0) is 32.9 Å². The third-order valence-corrected chi connectivity index (χ3v) is 3.27. The number of anilines is 1. The zero-order valence-corrected chi connectivity index (χ0v) is 13.2. The van der Waals surface area contributed by atoms with Gasteiger partial charge < -0.3 is 14.8 Å². The monoisotopic (exact) mass is 287 g/mol. The number of benzene rings is 1. The molecule has 0 radical (unpaired) electrons. The van der Waals surface area contributed by atoms with Crippen LogP contribution in [0, 0.1) is 13.8 Å². The maximum absolute atomic E-state index is 5.48. The molecule has 0 amide bonds. The quantitative estimate of drug-likeness (QED) is 0.915. The maximum atomic E-state index is 5.48. The van der Waals surface area contributed by atoms with Crippen LogP contribution >= 0.6 is 0 Å². The highest BCUT2D eigenvalue weighted by atomic mass is 16.5. The van der Waals surface area contributed by atoms with E-state index in [4.69, 9.17) is 9.47 Å². The van der Waals surface area contributed by atoms with E-state index < -0.39 is 0 Å². The third kappa shape index (κ3) is 2.91. The minimum absolute atomic E-state index is 0.708. The summed E-state index contributed by atoms with van der Waals surface area (Å²) >= 11 is 0. The van der Waals surface area contributed by atoms with Crippen LogP contribution in [0.3, 0.4) is 0 Å². The Labute approximate surface area is 125 Å². The molecule has 0 unspecified atom stereocenters. The lowest BCUT2D eigenvalue weighted by molar-refractivity contribution is 0.397. The first-order valence-electron chi connectivity index (χ1n) is 6.92. The summed E-state index contributed by atoms with van der Waals surface area (Å²) in [4.78, 5) is 9.05. The van der Waals surface area contributed by atoms with Crippen LogP contribution in [0.2, 0.25) is 0 Å². The summed E-state index contributed by atoms with van der Waals surface area (Å²) in [5.74, 6) is 3.02. The molecule has 1 heterocycles. The molecular formula is C16H21N3O2. The summed E-state index contributed by atoms with van der Waals surface area (Å²) < 4.78 is 11.0. The van der Waals surface area contributed by atoms with Crippen molar-refractivity contribution in [3.63, 3.8) is 0 Å². The average Bonchev–Trinajstić information content (AvgIpc) is 2.50. The van der Waals surface area contributed by atoms with Crippen LogP contribution in [-0.4, -0.2) is 30.7 Å². The Morgan fingerprint density at radius 3 is 2.19 bits per heavy atom. The Bertz CT molecular complexity index is 619. The Kier molecular flexibility index (Phi) is 4.62. The van der Waals surface area contributed by atoms with Crippen LogP contribution in [0.4, 0.5) is 5.82 Å². The van der Waals surface area contributed by atoms with Gasteiger partial charge in [0.2, 0.25) is 0 Å². The number of ether oxygens (including phenoxy) is 2. The normalized spacial score (nSPS) is 10.3. The topological polar surface area (TPSA) is 56.3 Å². The Morgan fingerprint density at radius 1 is 1.05 bits per heavy atom. The molecule has 0 spiro atoms. The lowest BCUT2D eigenvalue weighted by Gasteiger charge is -2.16. The Balaban J connectivity index is 2.72. The van der Waals surface area contributed by atoms with Gasteiger partial charge in [-0.15, -0.1) is 0 Å². The van der Waals surface area contributed by atoms with Crippen LogP contribution in [0.1, 0.15) is 18.3 Å².